The van der Waals surface area contributed by atoms with Crippen LogP contribution in [-0.2, 0) is 14.3 Å². The summed E-state index contributed by atoms with van der Waals surface area (Å²) in [4.78, 5) is 30.3. The van der Waals surface area contributed by atoms with Crippen molar-refractivity contribution in [1.29, 1.82) is 0 Å². The van der Waals surface area contributed by atoms with Crippen molar-refractivity contribution in [3.05, 3.63) is 63.6 Å². The topological polar surface area (TPSA) is 70.1 Å². The fourth-order valence-corrected chi connectivity index (χ4v) is 4.75. The Bertz CT molecular complexity index is 937. The molecule has 0 unspecified atom stereocenters. The molecule has 2 aromatic rings. The molecule has 1 aromatic carbocycles. The van der Waals surface area contributed by atoms with E-state index in [2.05, 4.69) is 4.90 Å². The predicted octanol–water partition coefficient (Wildman–Crippen LogP) is 3.03. The molecule has 1 aromatic heterocycles. The van der Waals surface area contributed by atoms with Crippen LogP contribution in [0.25, 0.3) is 5.76 Å². The average Bonchev–Trinajstić information content (AvgIpc) is 3.37. The number of aliphatic hydroxyl groups excluding tert-OH is 1. The molecule has 2 aliphatic rings. The molecule has 2 saturated heterocycles. The molecule has 2 aliphatic heterocycles. The van der Waals surface area contributed by atoms with Gasteiger partial charge in [-0.1, -0.05) is 6.07 Å². The second kappa shape index (κ2) is 9.07. The highest BCUT2D eigenvalue weighted by Crippen LogP contribution is 2.41. The first-order valence-electron chi connectivity index (χ1n) is 9.94. The van der Waals surface area contributed by atoms with Crippen molar-refractivity contribution in [2.75, 3.05) is 39.4 Å². The second-order valence-corrected chi connectivity index (χ2v) is 8.30. The van der Waals surface area contributed by atoms with Crippen molar-refractivity contribution in [2.45, 2.75) is 12.5 Å². The third-order valence-electron chi connectivity index (χ3n) is 5.45. The Labute approximate surface area is 178 Å². The number of halogens is 1. The summed E-state index contributed by atoms with van der Waals surface area (Å²) in [5.41, 5.74) is 0.365. The van der Waals surface area contributed by atoms with E-state index in [9.17, 15) is 19.1 Å². The van der Waals surface area contributed by atoms with Gasteiger partial charge in [-0.05, 0) is 42.1 Å². The Morgan fingerprint density at radius 2 is 1.87 bits per heavy atom. The van der Waals surface area contributed by atoms with Gasteiger partial charge in [0.2, 0.25) is 0 Å². The van der Waals surface area contributed by atoms with Crippen LogP contribution in [0, 0.1) is 5.82 Å². The minimum absolute atomic E-state index is 0.0560. The quantitative estimate of drug-likeness (QED) is 0.433. The van der Waals surface area contributed by atoms with E-state index in [1.165, 1.54) is 35.6 Å². The van der Waals surface area contributed by atoms with Crippen LogP contribution >= 0.6 is 11.3 Å². The van der Waals surface area contributed by atoms with Crippen molar-refractivity contribution in [2.24, 2.45) is 0 Å². The molecule has 1 amide bonds. The molecular formula is C22H23FN2O4S. The Balaban J connectivity index is 1.61. The maximum Gasteiger partial charge on any atom is 0.295 e. The number of Topliss-reactive ketones (excluding diaryl/α,β-unsaturated/α-hetero) is 1. The SMILES string of the molecule is O=C1C(=O)N(CCCN2CCOCC2)[C@H](c2cccs2)C1=C(O)c1ccc(F)cc1. The molecule has 158 valence electrons. The number of ketones is 1. The number of ether oxygens (including phenoxy) is 1. The Morgan fingerprint density at radius 3 is 2.53 bits per heavy atom. The first-order chi connectivity index (χ1) is 14.6. The van der Waals surface area contributed by atoms with Crippen LogP contribution in [0.5, 0.6) is 0 Å². The summed E-state index contributed by atoms with van der Waals surface area (Å²) in [7, 11) is 0. The minimum atomic E-state index is -0.707. The molecule has 4 rings (SSSR count). The van der Waals surface area contributed by atoms with Crippen LogP contribution in [0.1, 0.15) is 22.9 Å². The number of carbonyl (C=O) groups is 2. The summed E-state index contributed by atoms with van der Waals surface area (Å²) in [6.07, 6.45) is 0.714. The van der Waals surface area contributed by atoms with E-state index in [4.69, 9.17) is 4.74 Å². The van der Waals surface area contributed by atoms with Gasteiger partial charge in [-0.3, -0.25) is 14.5 Å². The van der Waals surface area contributed by atoms with Crippen molar-refractivity contribution in [1.82, 2.24) is 9.80 Å². The number of aliphatic hydroxyl groups is 1. The van der Waals surface area contributed by atoms with Crippen molar-refractivity contribution in [3.63, 3.8) is 0 Å². The lowest BCUT2D eigenvalue weighted by Gasteiger charge is -2.28. The summed E-state index contributed by atoms with van der Waals surface area (Å²) in [6.45, 7) is 4.34. The molecule has 8 heteroatoms. The normalized spacial score (nSPS) is 22.0. The minimum Gasteiger partial charge on any atom is -0.507 e. The van der Waals surface area contributed by atoms with E-state index < -0.39 is 23.5 Å². The van der Waals surface area contributed by atoms with Gasteiger partial charge >= 0.3 is 0 Å². The zero-order chi connectivity index (χ0) is 21.1. The third kappa shape index (κ3) is 4.16. The molecular weight excluding hydrogens is 407 g/mol. The number of benzene rings is 1. The highest BCUT2D eigenvalue weighted by Gasteiger charge is 2.46. The number of thiophene rings is 1. The maximum atomic E-state index is 13.3. The Morgan fingerprint density at radius 1 is 1.13 bits per heavy atom. The van der Waals surface area contributed by atoms with Gasteiger partial charge in [0, 0.05) is 36.6 Å². The lowest BCUT2D eigenvalue weighted by atomic mass is 10.00. The first kappa shape index (κ1) is 20.7. The van der Waals surface area contributed by atoms with E-state index in [1.54, 1.807) is 4.90 Å². The van der Waals surface area contributed by atoms with E-state index >= 15 is 0 Å². The zero-order valence-corrected chi connectivity index (χ0v) is 17.2. The summed E-state index contributed by atoms with van der Waals surface area (Å²) in [5, 5.41) is 12.7. The lowest BCUT2D eigenvalue weighted by Crippen LogP contribution is -2.38. The highest BCUT2D eigenvalue weighted by atomic mass is 32.1. The molecule has 0 spiro atoms. The van der Waals surface area contributed by atoms with Crippen molar-refractivity contribution < 1.29 is 23.8 Å². The predicted molar refractivity (Wildman–Crippen MR) is 112 cm³/mol. The number of carbonyl (C=O) groups excluding carboxylic acids is 2. The van der Waals surface area contributed by atoms with Crippen molar-refractivity contribution >= 4 is 28.8 Å². The molecule has 6 nitrogen and oxygen atoms in total. The number of hydrogen-bond donors (Lipinski definition) is 1. The van der Waals surface area contributed by atoms with Gasteiger partial charge in [0.25, 0.3) is 11.7 Å². The van der Waals surface area contributed by atoms with Gasteiger partial charge in [-0.25, -0.2) is 4.39 Å². The number of likely N-dealkylation sites (tertiary alicyclic amines) is 1. The number of rotatable bonds is 6. The molecule has 0 radical (unpaired) electrons. The van der Waals surface area contributed by atoms with E-state index in [-0.39, 0.29) is 11.3 Å². The largest absolute Gasteiger partial charge is 0.507 e. The molecule has 0 bridgehead atoms. The second-order valence-electron chi connectivity index (χ2n) is 7.32. The van der Waals surface area contributed by atoms with Gasteiger partial charge in [0.1, 0.15) is 11.6 Å². The van der Waals surface area contributed by atoms with E-state index in [0.29, 0.717) is 31.7 Å². The van der Waals surface area contributed by atoms with E-state index in [1.807, 2.05) is 17.5 Å². The van der Waals surface area contributed by atoms with Gasteiger partial charge in [0.05, 0.1) is 24.8 Å². The fourth-order valence-electron chi connectivity index (χ4n) is 3.91. The molecule has 0 aliphatic carbocycles. The summed E-state index contributed by atoms with van der Waals surface area (Å²) < 4.78 is 18.6. The van der Waals surface area contributed by atoms with Gasteiger partial charge < -0.3 is 14.7 Å². The van der Waals surface area contributed by atoms with Crippen LogP contribution in [0.3, 0.4) is 0 Å². The fraction of sp³-hybridized carbons (Fsp3) is 0.364. The molecule has 30 heavy (non-hydrogen) atoms. The van der Waals surface area contributed by atoms with Gasteiger partial charge in [-0.2, -0.15) is 0 Å². The number of morpholine rings is 1. The van der Waals surface area contributed by atoms with Gasteiger partial charge in [-0.15, -0.1) is 11.3 Å². The van der Waals surface area contributed by atoms with Crippen LogP contribution in [-0.4, -0.2) is 66.0 Å². The molecule has 3 heterocycles. The summed E-state index contributed by atoms with van der Waals surface area (Å²) in [6, 6.07) is 8.31. The van der Waals surface area contributed by atoms with E-state index in [0.717, 1.165) is 24.5 Å². The third-order valence-corrected chi connectivity index (χ3v) is 6.37. The zero-order valence-electron chi connectivity index (χ0n) is 16.4. The maximum absolute atomic E-state index is 13.3. The standard InChI is InChI=1S/C22H23FN2O4S/c23-16-6-4-15(5-7-16)20(26)18-19(17-3-1-14-30-17)25(22(28)21(18)27)9-2-8-24-10-12-29-13-11-24/h1,3-7,14,19,26H,2,8-13H2/t19-/m1/s1. The highest BCUT2D eigenvalue weighted by molar-refractivity contribution is 7.10. The molecule has 2 fully saturated rings. The summed E-state index contributed by atoms with van der Waals surface area (Å²) in [5.74, 6) is -2.03. The smallest absolute Gasteiger partial charge is 0.295 e. The molecule has 1 N–H and O–H groups in total. The summed E-state index contributed by atoms with van der Waals surface area (Å²) >= 11 is 1.43. The van der Waals surface area contributed by atoms with Crippen LogP contribution in [0.2, 0.25) is 0 Å². The Kier molecular flexibility index (Phi) is 6.26. The lowest BCUT2D eigenvalue weighted by molar-refractivity contribution is -0.140. The van der Waals surface area contributed by atoms with Crippen LogP contribution in [0.4, 0.5) is 4.39 Å². The monoisotopic (exact) mass is 430 g/mol. The van der Waals surface area contributed by atoms with Gasteiger partial charge in [0.15, 0.2) is 0 Å². The van der Waals surface area contributed by atoms with Crippen molar-refractivity contribution in [3.8, 4) is 0 Å². The van der Waals surface area contributed by atoms with Crippen LogP contribution in [0.15, 0.2) is 47.4 Å². The van der Waals surface area contributed by atoms with Crippen LogP contribution < -0.4 is 0 Å². The number of amides is 1. The number of nitrogens with zero attached hydrogens (tertiary/aromatic N) is 2. The number of hydrogen-bond acceptors (Lipinski definition) is 6. The average molecular weight is 431 g/mol. The molecule has 0 saturated carbocycles. The molecule has 1 atom stereocenters. The Hall–Kier alpha value is -2.55. The first-order valence-corrected chi connectivity index (χ1v) is 10.8.